The highest BCUT2D eigenvalue weighted by Crippen LogP contribution is 2.15. The minimum Gasteiger partial charge on any atom is -0.465 e. The van der Waals surface area contributed by atoms with Crippen molar-refractivity contribution in [2.24, 2.45) is 0 Å². The third kappa shape index (κ3) is 6.49. The van der Waals surface area contributed by atoms with E-state index in [1.54, 1.807) is 24.3 Å². The van der Waals surface area contributed by atoms with Crippen molar-refractivity contribution in [1.29, 1.82) is 0 Å². The molecule has 0 saturated heterocycles. The number of ether oxygens (including phenoxy) is 2. The van der Waals surface area contributed by atoms with Gasteiger partial charge in [-0.1, -0.05) is 12.1 Å². The normalized spacial score (nSPS) is 11.9. The lowest BCUT2D eigenvalue weighted by atomic mass is 10.1. The molecule has 118 valence electrons. The number of amides is 1. The minimum atomic E-state index is -0.529. The summed E-state index contributed by atoms with van der Waals surface area (Å²) in [5.41, 5.74) is 0.822. The van der Waals surface area contributed by atoms with E-state index in [9.17, 15) is 9.59 Å². The van der Waals surface area contributed by atoms with Crippen LogP contribution in [-0.4, -0.2) is 24.8 Å². The van der Waals surface area contributed by atoms with Crippen LogP contribution in [0.5, 0.6) is 0 Å². The van der Waals surface area contributed by atoms with E-state index >= 15 is 0 Å². The van der Waals surface area contributed by atoms with Crippen LogP contribution < -0.4 is 5.32 Å². The van der Waals surface area contributed by atoms with Crippen molar-refractivity contribution in [1.82, 2.24) is 5.32 Å². The van der Waals surface area contributed by atoms with Crippen LogP contribution in [-0.2, 0) is 9.47 Å². The molecule has 1 amide bonds. The predicted octanol–water partition coefficient (Wildman–Crippen LogP) is 3.48. The first kappa shape index (κ1) is 19.2. The Hall–Kier alpha value is -1.75. The first-order chi connectivity index (χ1) is 9.23. The molecule has 0 radical (unpaired) electrons. The summed E-state index contributed by atoms with van der Waals surface area (Å²) in [7, 11) is 1.34. The topological polar surface area (TPSA) is 64.6 Å². The van der Waals surface area contributed by atoms with Crippen LogP contribution in [0.1, 0.15) is 49.7 Å². The van der Waals surface area contributed by atoms with Gasteiger partial charge in [-0.2, -0.15) is 0 Å². The number of carbonyl (C=O) groups excluding carboxylic acids is 2. The van der Waals surface area contributed by atoms with Crippen molar-refractivity contribution in [3.8, 4) is 0 Å². The summed E-state index contributed by atoms with van der Waals surface area (Å²) in [6.07, 6.45) is -0.470. The average Bonchev–Trinajstić information content (AvgIpc) is 2.35. The Morgan fingerprint density at radius 1 is 1.14 bits per heavy atom. The van der Waals surface area contributed by atoms with E-state index in [2.05, 4.69) is 10.1 Å². The van der Waals surface area contributed by atoms with Crippen molar-refractivity contribution < 1.29 is 19.1 Å². The Balaban J connectivity index is 0.00000400. The number of esters is 1. The van der Waals surface area contributed by atoms with Gasteiger partial charge in [-0.25, -0.2) is 9.59 Å². The lowest BCUT2D eigenvalue weighted by molar-refractivity contribution is 0.0506. The van der Waals surface area contributed by atoms with E-state index in [0.29, 0.717) is 5.56 Å². The molecule has 1 aromatic rings. The quantitative estimate of drug-likeness (QED) is 0.867. The van der Waals surface area contributed by atoms with Crippen molar-refractivity contribution in [2.75, 3.05) is 7.11 Å². The van der Waals surface area contributed by atoms with Gasteiger partial charge in [0, 0.05) is 0 Å². The number of nitrogens with one attached hydrogen (secondary N) is 1. The van der Waals surface area contributed by atoms with E-state index in [1.807, 2.05) is 27.7 Å². The average molecular weight is 316 g/mol. The zero-order valence-corrected chi connectivity index (χ0v) is 13.7. The molecule has 0 unspecified atom stereocenters. The van der Waals surface area contributed by atoms with Gasteiger partial charge in [0.05, 0.1) is 18.7 Å². The number of methoxy groups -OCH3 is 1. The van der Waals surface area contributed by atoms with Gasteiger partial charge in [0.15, 0.2) is 0 Å². The van der Waals surface area contributed by atoms with E-state index in [-0.39, 0.29) is 24.4 Å². The number of hydrogen-bond donors (Lipinski definition) is 1. The number of hydrogen-bond acceptors (Lipinski definition) is 4. The van der Waals surface area contributed by atoms with Gasteiger partial charge in [-0.15, -0.1) is 12.4 Å². The molecule has 0 fully saturated rings. The summed E-state index contributed by atoms with van der Waals surface area (Å²) in [6.45, 7) is 7.27. The first-order valence-corrected chi connectivity index (χ1v) is 6.40. The monoisotopic (exact) mass is 315 g/mol. The van der Waals surface area contributed by atoms with Crippen LogP contribution in [0, 0.1) is 0 Å². The standard InChI is InChI=1S/C15H21NO4.ClH/c1-10(16-14(18)20-15(2,3)4)11-6-8-12(9-7-11)13(17)19-5;/h6-10H,1-5H3,(H,16,18);1H/t10-;/m0./s1. The van der Waals surface area contributed by atoms with Crippen LogP contribution in [0.3, 0.4) is 0 Å². The molecule has 1 atom stereocenters. The minimum absolute atomic E-state index is 0. The molecule has 0 heterocycles. The molecule has 0 bridgehead atoms. The van der Waals surface area contributed by atoms with Crippen molar-refractivity contribution >= 4 is 24.5 Å². The SMILES string of the molecule is COC(=O)c1ccc([C@H](C)NC(=O)OC(C)(C)C)cc1.Cl. The van der Waals surface area contributed by atoms with E-state index < -0.39 is 11.7 Å². The van der Waals surface area contributed by atoms with E-state index in [1.165, 1.54) is 7.11 Å². The van der Waals surface area contributed by atoms with Gasteiger partial charge in [0.2, 0.25) is 0 Å². The van der Waals surface area contributed by atoms with Gasteiger partial charge in [0.1, 0.15) is 5.60 Å². The summed E-state index contributed by atoms with van der Waals surface area (Å²) >= 11 is 0. The smallest absolute Gasteiger partial charge is 0.408 e. The lowest BCUT2D eigenvalue weighted by Crippen LogP contribution is -2.34. The van der Waals surface area contributed by atoms with Crippen LogP contribution in [0.25, 0.3) is 0 Å². The third-order valence-corrected chi connectivity index (χ3v) is 2.57. The van der Waals surface area contributed by atoms with Gasteiger partial charge < -0.3 is 14.8 Å². The zero-order chi connectivity index (χ0) is 15.3. The third-order valence-electron chi connectivity index (χ3n) is 2.57. The maximum absolute atomic E-state index is 11.7. The van der Waals surface area contributed by atoms with Crippen LogP contribution in [0.15, 0.2) is 24.3 Å². The molecular formula is C15H22ClNO4. The van der Waals surface area contributed by atoms with Crippen LogP contribution in [0.2, 0.25) is 0 Å². The zero-order valence-electron chi connectivity index (χ0n) is 12.9. The second kappa shape index (κ2) is 7.88. The lowest BCUT2D eigenvalue weighted by Gasteiger charge is -2.22. The highest BCUT2D eigenvalue weighted by atomic mass is 35.5. The molecular weight excluding hydrogens is 294 g/mol. The molecule has 0 aliphatic heterocycles. The number of carbonyl (C=O) groups is 2. The fraction of sp³-hybridized carbons (Fsp3) is 0.467. The first-order valence-electron chi connectivity index (χ1n) is 6.40. The molecule has 0 aliphatic carbocycles. The molecule has 21 heavy (non-hydrogen) atoms. The highest BCUT2D eigenvalue weighted by molar-refractivity contribution is 5.89. The number of rotatable bonds is 3. The molecule has 0 saturated carbocycles. The Bertz CT molecular complexity index is 479. The molecule has 0 aliphatic rings. The van der Waals surface area contributed by atoms with Crippen molar-refractivity contribution in [3.63, 3.8) is 0 Å². The van der Waals surface area contributed by atoms with Gasteiger partial charge in [0.25, 0.3) is 0 Å². The van der Waals surface area contributed by atoms with E-state index in [0.717, 1.165) is 5.56 Å². The fourth-order valence-corrected chi connectivity index (χ4v) is 1.59. The Labute approximate surface area is 131 Å². The summed E-state index contributed by atoms with van der Waals surface area (Å²) < 4.78 is 9.81. The molecule has 1 N–H and O–H groups in total. The van der Waals surface area contributed by atoms with Gasteiger partial charge >= 0.3 is 12.1 Å². The fourth-order valence-electron chi connectivity index (χ4n) is 1.59. The highest BCUT2D eigenvalue weighted by Gasteiger charge is 2.18. The summed E-state index contributed by atoms with van der Waals surface area (Å²) in [5, 5.41) is 2.74. The van der Waals surface area contributed by atoms with Crippen molar-refractivity contribution in [2.45, 2.75) is 39.3 Å². The van der Waals surface area contributed by atoms with Crippen LogP contribution >= 0.6 is 12.4 Å². The van der Waals surface area contributed by atoms with Crippen molar-refractivity contribution in [3.05, 3.63) is 35.4 Å². The Kier molecular flexibility index (Phi) is 7.22. The summed E-state index contributed by atoms with van der Waals surface area (Å²) in [6, 6.07) is 6.65. The second-order valence-corrected chi connectivity index (χ2v) is 5.48. The molecule has 6 heteroatoms. The maximum Gasteiger partial charge on any atom is 0.408 e. The predicted molar refractivity (Wildman–Crippen MR) is 82.8 cm³/mol. The summed E-state index contributed by atoms with van der Waals surface area (Å²) in [4.78, 5) is 23.0. The van der Waals surface area contributed by atoms with Gasteiger partial charge in [-0.3, -0.25) is 0 Å². The van der Waals surface area contributed by atoms with Crippen LogP contribution in [0.4, 0.5) is 4.79 Å². The molecule has 1 rings (SSSR count). The van der Waals surface area contributed by atoms with Gasteiger partial charge in [-0.05, 0) is 45.4 Å². The molecule has 1 aromatic carbocycles. The maximum atomic E-state index is 11.7. The number of alkyl carbamates (subject to hydrolysis) is 1. The second-order valence-electron chi connectivity index (χ2n) is 5.48. The Morgan fingerprint density at radius 2 is 1.67 bits per heavy atom. The largest absolute Gasteiger partial charge is 0.465 e. The molecule has 5 nitrogen and oxygen atoms in total. The Morgan fingerprint density at radius 3 is 2.10 bits per heavy atom. The van der Waals surface area contributed by atoms with E-state index in [4.69, 9.17) is 4.74 Å². The molecule has 0 spiro atoms. The number of benzene rings is 1. The summed E-state index contributed by atoms with van der Waals surface area (Å²) in [5.74, 6) is -0.385. The number of halogens is 1. The molecule has 0 aromatic heterocycles.